The molecule has 0 spiro atoms. The molecule has 0 aliphatic rings. The van der Waals surface area contributed by atoms with Crippen molar-refractivity contribution in [3.05, 3.63) is 89.7 Å². The number of halogens is 1. The van der Waals surface area contributed by atoms with Crippen LogP contribution in [0, 0.1) is 5.82 Å². The Balaban J connectivity index is 1.44. The van der Waals surface area contributed by atoms with Crippen molar-refractivity contribution in [1.82, 2.24) is 10.3 Å². The summed E-state index contributed by atoms with van der Waals surface area (Å²) >= 11 is 1.69. The standard InChI is InChI=1S/C27H27FN2OS/c1-27(2,3)20-12-8-19(9-13-20)26(31)29-16-17-32-25-22-6-4-5-7-23(22)30-24(25)18-10-14-21(28)15-11-18/h4-15,30H,16-17H2,1-3H3,(H,29,31). The Labute approximate surface area is 192 Å². The van der Waals surface area contributed by atoms with Crippen molar-refractivity contribution < 1.29 is 9.18 Å². The molecule has 0 saturated carbocycles. The van der Waals surface area contributed by atoms with Gasteiger partial charge in [0.1, 0.15) is 5.82 Å². The monoisotopic (exact) mass is 446 g/mol. The van der Waals surface area contributed by atoms with Crippen LogP contribution in [0.25, 0.3) is 22.2 Å². The minimum Gasteiger partial charge on any atom is -0.354 e. The van der Waals surface area contributed by atoms with Gasteiger partial charge in [0.25, 0.3) is 5.91 Å². The molecule has 0 bridgehead atoms. The predicted octanol–water partition coefficient (Wildman–Crippen LogP) is 6.79. The van der Waals surface area contributed by atoms with Crippen LogP contribution in [0.15, 0.2) is 77.7 Å². The lowest BCUT2D eigenvalue weighted by molar-refractivity contribution is 0.0956. The summed E-state index contributed by atoms with van der Waals surface area (Å²) in [4.78, 5) is 17.1. The van der Waals surface area contributed by atoms with Crippen molar-refractivity contribution in [3.63, 3.8) is 0 Å². The second kappa shape index (κ2) is 9.21. The number of hydrogen-bond acceptors (Lipinski definition) is 2. The Morgan fingerprint density at radius 3 is 2.34 bits per heavy atom. The predicted molar refractivity (Wildman–Crippen MR) is 132 cm³/mol. The van der Waals surface area contributed by atoms with Gasteiger partial charge in [0.2, 0.25) is 0 Å². The van der Waals surface area contributed by atoms with Gasteiger partial charge in [-0.25, -0.2) is 4.39 Å². The van der Waals surface area contributed by atoms with E-state index in [9.17, 15) is 9.18 Å². The Morgan fingerprint density at radius 1 is 0.969 bits per heavy atom. The fourth-order valence-corrected chi connectivity index (χ4v) is 4.68. The highest BCUT2D eigenvalue weighted by Gasteiger charge is 2.15. The summed E-state index contributed by atoms with van der Waals surface area (Å²) in [5.41, 5.74) is 4.89. The van der Waals surface area contributed by atoms with E-state index in [4.69, 9.17) is 0 Å². The van der Waals surface area contributed by atoms with Gasteiger partial charge in [-0.15, -0.1) is 11.8 Å². The number of aromatic nitrogens is 1. The van der Waals surface area contributed by atoms with Crippen LogP contribution in [0.4, 0.5) is 4.39 Å². The number of aromatic amines is 1. The van der Waals surface area contributed by atoms with Gasteiger partial charge in [-0.2, -0.15) is 0 Å². The molecule has 3 nitrogen and oxygen atoms in total. The quantitative estimate of drug-likeness (QED) is 0.253. The maximum Gasteiger partial charge on any atom is 0.251 e. The van der Waals surface area contributed by atoms with E-state index in [0.717, 1.165) is 32.8 Å². The number of carbonyl (C=O) groups excluding carboxylic acids is 1. The summed E-state index contributed by atoms with van der Waals surface area (Å²) in [6, 6.07) is 22.4. The van der Waals surface area contributed by atoms with E-state index >= 15 is 0 Å². The molecule has 0 fully saturated rings. The largest absolute Gasteiger partial charge is 0.354 e. The van der Waals surface area contributed by atoms with Crippen LogP contribution in [-0.2, 0) is 5.41 Å². The number of nitrogens with one attached hydrogen (secondary N) is 2. The summed E-state index contributed by atoms with van der Waals surface area (Å²) in [5, 5.41) is 4.14. The molecule has 1 aromatic heterocycles. The molecule has 164 valence electrons. The van der Waals surface area contributed by atoms with Crippen LogP contribution in [0.5, 0.6) is 0 Å². The van der Waals surface area contributed by atoms with Crippen LogP contribution < -0.4 is 5.32 Å². The van der Waals surface area contributed by atoms with Gasteiger partial charge in [0, 0.05) is 33.7 Å². The first-order valence-electron chi connectivity index (χ1n) is 10.7. The fraction of sp³-hybridized carbons (Fsp3) is 0.222. The SMILES string of the molecule is CC(C)(C)c1ccc(C(=O)NCCSc2c(-c3ccc(F)cc3)[nH]c3ccccc23)cc1. The summed E-state index contributed by atoms with van der Waals surface area (Å²) in [5.74, 6) is 0.406. The van der Waals surface area contributed by atoms with Gasteiger partial charge in [-0.05, 0) is 59.0 Å². The number of benzene rings is 3. The highest BCUT2D eigenvalue weighted by atomic mass is 32.2. The van der Waals surface area contributed by atoms with E-state index in [1.54, 1.807) is 23.9 Å². The zero-order valence-electron chi connectivity index (χ0n) is 18.5. The van der Waals surface area contributed by atoms with Gasteiger partial charge < -0.3 is 10.3 Å². The molecule has 0 atom stereocenters. The average molecular weight is 447 g/mol. The van der Waals surface area contributed by atoms with Crippen LogP contribution >= 0.6 is 11.8 Å². The lowest BCUT2D eigenvalue weighted by Crippen LogP contribution is -2.25. The molecule has 5 heteroatoms. The van der Waals surface area contributed by atoms with Crippen molar-refractivity contribution >= 4 is 28.6 Å². The first kappa shape index (κ1) is 22.2. The molecule has 3 aromatic carbocycles. The molecule has 0 radical (unpaired) electrons. The lowest BCUT2D eigenvalue weighted by atomic mass is 9.87. The maximum absolute atomic E-state index is 13.4. The van der Waals surface area contributed by atoms with Gasteiger partial charge >= 0.3 is 0 Å². The van der Waals surface area contributed by atoms with Crippen molar-refractivity contribution in [2.75, 3.05) is 12.3 Å². The second-order valence-corrected chi connectivity index (χ2v) is 9.92. The summed E-state index contributed by atoms with van der Waals surface area (Å²) < 4.78 is 13.4. The number of para-hydroxylation sites is 1. The second-order valence-electron chi connectivity index (χ2n) is 8.81. The van der Waals surface area contributed by atoms with Gasteiger partial charge in [0.15, 0.2) is 0 Å². The van der Waals surface area contributed by atoms with Crippen LogP contribution in [0.1, 0.15) is 36.7 Å². The highest BCUT2D eigenvalue weighted by Crippen LogP contribution is 2.37. The topological polar surface area (TPSA) is 44.9 Å². The molecule has 0 unspecified atom stereocenters. The Kier molecular flexibility index (Phi) is 6.38. The summed E-state index contributed by atoms with van der Waals surface area (Å²) in [6.07, 6.45) is 0. The Bertz CT molecular complexity index is 1220. The molecule has 32 heavy (non-hydrogen) atoms. The Hall–Kier alpha value is -3.05. The lowest BCUT2D eigenvalue weighted by Gasteiger charge is -2.19. The zero-order chi connectivity index (χ0) is 22.7. The van der Waals surface area contributed by atoms with Crippen LogP contribution in [0.3, 0.4) is 0 Å². The Morgan fingerprint density at radius 2 is 1.66 bits per heavy atom. The molecular formula is C27H27FN2OS. The smallest absolute Gasteiger partial charge is 0.251 e. The van der Waals surface area contributed by atoms with Crippen LogP contribution in [-0.4, -0.2) is 23.2 Å². The van der Waals surface area contributed by atoms with E-state index in [1.165, 1.54) is 17.7 Å². The number of hydrogen-bond donors (Lipinski definition) is 2. The van der Waals surface area contributed by atoms with Gasteiger partial charge in [0.05, 0.1) is 5.69 Å². The number of carbonyl (C=O) groups is 1. The number of fused-ring (bicyclic) bond motifs is 1. The first-order chi connectivity index (χ1) is 15.3. The van der Waals surface area contributed by atoms with Crippen molar-refractivity contribution in [3.8, 4) is 11.3 Å². The number of H-pyrrole nitrogens is 1. The average Bonchev–Trinajstić information content (AvgIpc) is 3.15. The molecule has 0 saturated heterocycles. The van der Waals surface area contributed by atoms with E-state index < -0.39 is 0 Å². The molecule has 2 N–H and O–H groups in total. The molecule has 1 amide bonds. The zero-order valence-corrected chi connectivity index (χ0v) is 19.4. The van der Waals surface area contributed by atoms with E-state index in [2.05, 4.69) is 37.1 Å². The fourth-order valence-electron chi connectivity index (χ4n) is 3.63. The first-order valence-corrected chi connectivity index (χ1v) is 11.7. The van der Waals surface area contributed by atoms with Gasteiger partial charge in [-0.3, -0.25) is 4.79 Å². The third-order valence-electron chi connectivity index (χ3n) is 5.44. The molecule has 4 rings (SSSR count). The minimum atomic E-state index is -0.252. The summed E-state index contributed by atoms with van der Waals surface area (Å²) in [7, 11) is 0. The number of amides is 1. The normalized spacial score (nSPS) is 11.6. The molecule has 4 aromatic rings. The molecule has 1 heterocycles. The summed E-state index contributed by atoms with van der Waals surface area (Å²) in [6.45, 7) is 7.02. The molecular weight excluding hydrogens is 419 g/mol. The maximum atomic E-state index is 13.4. The highest BCUT2D eigenvalue weighted by molar-refractivity contribution is 7.99. The molecule has 0 aliphatic carbocycles. The van der Waals surface area contributed by atoms with Crippen molar-refractivity contribution in [2.24, 2.45) is 0 Å². The third kappa shape index (κ3) is 4.89. The number of rotatable bonds is 6. The van der Waals surface area contributed by atoms with E-state index in [1.807, 2.05) is 42.5 Å². The van der Waals surface area contributed by atoms with Crippen molar-refractivity contribution in [1.29, 1.82) is 0 Å². The third-order valence-corrected chi connectivity index (χ3v) is 6.56. The number of thioether (sulfide) groups is 1. The molecule has 0 aliphatic heterocycles. The van der Waals surface area contributed by atoms with E-state index in [0.29, 0.717) is 12.1 Å². The van der Waals surface area contributed by atoms with Crippen molar-refractivity contribution in [2.45, 2.75) is 31.1 Å². The van der Waals surface area contributed by atoms with E-state index in [-0.39, 0.29) is 17.1 Å². The van der Waals surface area contributed by atoms with Gasteiger partial charge in [-0.1, -0.05) is 51.1 Å². The minimum absolute atomic E-state index is 0.0627. The van der Waals surface area contributed by atoms with Crippen LogP contribution in [0.2, 0.25) is 0 Å².